The molecule has 7 nitrogen and oxygen atoms in total. The molecule has 4 rings (SSSR count). The van der Waals surface area contributed by atoms with Gasteiger partial charge in [-0.25, -0.2) is 4.68 Å². The predicted octanol–water partition coefficient (Wildman–Crippen LogP) is 5.22. The van der Waals surface area contributed by atoms with Crippen molar-refractivity contribution in [2.45, 2.75) is 20.3 Å². The number of hydrogen-bond acceptors (Lipinski definition) is 6. The van der Waals surface area contributed by atoms with Gasteiger partial charge in [0.25, 0.3) is 0 Å². The molecule has 0 spiro atoms. The van der Waals surface area contributed by atoms with E-state index in [1.165, 1.54) is 0 Å². The molecule has 4 aromatic rings. The molecule has 1 amide bonds. The summed E-state index contributed by atoms with van der Waals surface area (Å²) >= 11 is 1.59. The molecule has 0 bridgehead atoms. The Morgan fingerprint density at radius 1 is 1.09 bits per heavy atom. The quantitative estimate of drug-likeness (QED) is 0.369. The van der Waals surface area contributed by atoms with Crippen LogP contribution in [-0.2, 0) is 11.2 Å². The highest BCUT2D eigenvalue weighted by Crippen LogP contribution is 2.28. The molecule has 0 aliphatic rings. The summed E-state index contributed by atoms with van der Waals surface area (Å²) in [5.74, 6) is 1.44. The van der Waals surface area contributed by atoms with Crippen molar-refractivity contribution in [2.75, 3.05) is 19.0 Å². The highest BCUT2D eigenvalue weighted by Gasteiger charge is 2.16. The van der Waals surface area contributed by atoms with Gasteiger partial charge >= 0.3 is 6.01 Å². The number of aromatic nitrogens is 3. The number of anilines is 1. The molecule has 2 aromatic carbocycles. The van der Waals surface area contributed by atoms with Crippen LogP contribution in [0.25, 0.3) is 16.4 Å². The SMILES string of the molecule is COc1ccc(CCOc2nc(-c3cccs3)n(-c3ccc(NC(=O)C(C)C)cc3)n2)cc1. The molecule has 2 heterocycles. The van der Waals surface area contributed by atoms with Crippen LogP contribution >= 0.6 is 11.3 Å². The first kappa shape index (κ1) is 22.5. The minimum absolute atomic E-state index is 0.0182. The first-order valence-corrected chi connectivity index (χ1v) is 11.6. The van der Waals surface area contributed by atoms with Crippen LogP contribution in [-0.4, -0.2) is 34.4 Å². The van der Waals surface area contributed by atoms with Crippen LogP contribution in [0, 0.1) is 5.92 Å². The topological polar surface area (TPSA) is 78.3 Å². The minimum atomic E-state index is -0.0805. The minimum Gasteiger partial charge on any atom is -0.497 e. The number of ether oxygens (including phenoxy) is 2. The molecule has 2 aromatic heterocycles. The molecule has 8 heteroatoms. The van der Waals surface area contributed by atoms with Crippen LogP contribution in [0.15, 0.2) is 66.0 Å². The summed E-state index contributed by atoms with van der Waals surface area (Å²) in [6.07, 6.45) is 0.733. The van der Waals surface area contributed by atoms with Crippen LogP contribution in [0.1, 0.15) is 19.4 Å². The molecule has 0 fully saturated rings. The molecular weight excluding hydrogens is 436 g/mol. The highest BCUT2D eigenvalue weighted by molar-refractivity contribution is 7.13. The molecule has 170 valence electrons. The molecule has 0 radical (unpaired) electrons. The van der Waals surface area contributed by atoms with Gasteiger partial charge in [0.1, 0.15) is 5.75 Å². The molecule has 0 aliphatic carbocycles. The molecule has 0 atom stereocenters. The fraction of sp³-hybridized carbons (Fsp3) is 0.240. The number of benzene rings is 2. The van der Waals surface area contributed by atoms with Gasteiger partial charge < -0.3 is 14.8 Å². The highest BCUT2D eigenvalue weighted by atomic mass is 32.1. The summed E-state index contributed by atoms with van der Waals surface area (Å²) in [7, 11) is 1.65. The third-order valence-electron chi connectivity index (χ3n) is 5.01. The second-order valence-corrected chi connectivity index (χ2v) is 8.69. The van der Waals surface area contributed by atoms with E-state index in [0.717, 1.165) is 34.0 Å². The van der Waals surface area contributed by atoms with E-state index < -0.39 is 0 Å². The van der Waals surface area contributed by atoms with E-state index in [2.05, 4.69) is 15.4 Å². The van der Waals surface area contributed by atoms with Gasteiger partial charge in [0.15, 0.2) is 5.82 Å². The average molecular weight is 463 g/mol. The number of thiophene rings is 1. The van der Waals surface area contributed by atoms with E-state index in [0.29, 0.717) is 18.4 Å². The van der Waals surface area contributed by atoms with Crippen molar-refractivity contribution in [3.63, 3.8) is 0 Å². The van der Waals surface area contributed by atoms with Gasteiger partial charge in [-0.15, -0.1) is 16.4 Å². The molecule has 1 N–H and O–H groups in total. The molecule has 0 saturated carbocycles. The molecule has 33 heavy (non-hydrogen) atoms. The Bertz CT molecular complexity index is 1180. The standard InChI is InChI=1S/C25H26N4O3S/c1-17(2)24(30)26-19-8-10-20(11-9-19)29-23(22-5-4-16-33-22)27-25(28-29)32-15-14-18-6-12-21(31-3)13-7-18/h4-13,16-17H,14-15H2,1-3H3,(H,26,30). The predicted molar refractivity (Wildman–Crippen MR) is 130 cm³/mol. The summed E-state index contributed by atoms with van der Waals surface area (Å²) in [5, 5.41) is 9.50. The maximum atomic E-state index is 12.0. The van der Waals surface area contributed by atoms with Gasteiger partial charge in [0.2, 0.25) is 5.91 Å². The Morgan fingerprint density at radius 3 is 2.48 bits per heavy atom. The summed E-state index contributed by atoms with van der Waals surface area (Å²) in [6.45, 7) is 4.19. The number of amides is 1. The lowest BCUT2D eigenvalue weighted by molar-refractivity contribution is -0.118. The Kier molecular flexibility index (Phi) is 7.04. The fourth-order valence-electron chi connectivity index (χ4n) is 3.12. The zero-order chi connectivity index (χ0) is 23.2. The number of carbonyl (C=O) groups excluding carboxylic acids is 1. The lowest BCUT2D eigenvalue weighted by atomic mass is 10.1. The van der Waals surface area contributed by atoms with Gasteiger partial charge in [0.05, 0.1) is 24.3 Å². The van der Waals surface area contributed by atoms with Crippen molar-refractivity contribution in [3.05, 3.63) is 71.6 Å². The molecule has 0 saturated heterocycles. The largest absolute Gasteiger partial charge is 0.497 e. The Hall–Kier alpha value is -3.65. The van der Waals surface area contributed by atoms with Crippen molar-refractivity contribution < 1.29 is 14.3 Å². The first-order valence-electron chi connectivity index (χ1n) is 10.7. The van der Waals surface area contributed by atoms with Crippen LogP contribution in [0.3, 0.4) is 0 Å². The number of hydrogen-bond donors (Lipinski definition) is 1. The van der Waals surface area contributed by atoms with Gasteiger partial charge in [0, 0.05) is 18.0 Å². The molecule has 0 aliphatic heterocycles. The lowest BCUT2D eigenvalue weighted by Crippen LogP contribution is -2.17. The lowest BCUT2D eigenvalue weighted by Gasteiger charge is -2.09. The van der Waals surface area contributed by atoms with E-state index in [-0.39, 0.29) is 11.8 Å². The maximum absolute atomic E-state index is 12.0. The Labute approximate surface area is 197 Å². The van der Waals surface area contributed by atoms with E-state index >= 15 is 0 Å². The number of nitrogens with zero attached hydrogens (tertiary/aromatic N) is 3. The third kappa shape index (κ3) is 5.59. The van der Waals surface area contributed by atoms with Crippen molar-refractivity contribution in [1.82, 2.24) is 14.8 Å². The third-order valence-corrected chi connectivity index (χ3v) is 5.88. The van der Waals surface area contributed by atoms with Crippen molar-refractivity contribution in [3.8, 4) is 28.1 Å². The van der Waals surface area contributed by atoms with Crippen LogP contribution < -0.4 is 14.8 Å². The van der Waals surface area contributed by atoms with Crippen LogP contribution in [0.5, 0.6) is 11.8 Å². The van der Waals surface area contributed by atoms with E-state index in [4.69, 9.17) is 9.47 Å². The summed E-state index contributed by atoms with van der Waals surface area (Å²) in [4.78, 5) is 17.6. The van der Waals surface area contributed by atoms with Crippen molar-refractivity contribution in [2.24, 2.45) is 5.92 Å². The number of rotatable bonds is 9. The van der Waals surface area contributed by atoms with Crippen molar-refractivity contribution >= 4 is 22.9 Å². The maximum Gasteiger partial charge on any atom is 0.336 e. The second-order valence-electron chi connectivity index (χ2n) is 7.74. The first-order chi connectivity index (χ1) is 16.0. The number of methoxy groups -OCH3 is 1. The summed E-state index contributed by atoms with van der Waals surface area (Å²) in [6, 6.07) is 19.7. The molecular formula is C25H26N4O3S. The monoisotopic (exact) mass is 462 g/mol. The van der Waals surface area contributed by atoms with Gasteiger partial charge in [-0.3, -0.25) is 4.79 Å². The van der Waals surface area contributed by atoms with Gasteiger partial charge in [-0.1, -0.05) is 32.0 Å². The smallest absolute Gasteiger partial charge is 0.336 e. The van der Waals surface area contributed by atoms with Gasteiger partial charge in [-0.05, 0) is 53.4 Å². The number of nitrogens with one attached hydrogen (secondary N) is 1. The Morgan fingerprint density at radius 2 is 1.85 bits per heavy atom. The fourth-order valence-corrected chi connectivity index (χ4v) is 3.82. The summed E-state index contributed by atoms with van der Waals surface area (Å²) in [5.41, 5.74) is 2.72. The summed E-state index contributed by atoms with van der Waals surface area (Å²) < 4.78 is 12.8. The normalized spacial score (nSPS) is 10.9. The zero-order valence-corrected chi connectivity index (χ0v) is 19.6. The zero-order valence-electron chi connectivity index (χ0n) is 18.8. The van der Waals surface area contributed by atoms with Crippen LogP contribution in [0.4, 0.5) is 5.69 Å². The number of carbonyl (C=O) groups is 1. The van der Waals surface area contributed by atoms with Crippen LogP contribution in [0.2, 0.25) is 0 Å². The second kappa shape index (κ2) is 10.3. The van der Waals surface area contributed by atoms with Crippen molar-refractivity contribution in [1.29, 1.82) is 0 Å². The van der Waals surface area contributed by atoms with Gasteiger partial charge in [-0.2, -0.15) is 4.98 Å². The average Bonchev–Trinajstić information content (AvgIpc) is 3.50. The van der Waals surface area contributed by atoms with E-state index in [1.807, 2.05) is 79.9 Å². The molecule has 0 unspecified atom stereocenters. The Balaban J connectivity index is 1.50. The van der Waals surface area contributed by atoms with E-state index in [9.17, 15) is 4.79 Å². The van der Waals surface area contributed by atoms with E-state index in [1.54, 1.807) is 23.1 Å².